The zero-order valence-corrected chi connectivity index (χ0v) is 12.7. The van der Waals surface area contributed by atoms with Gasteiger partial charge in [0.05, 0.1) is 0 Å². The van der Waals surface area contributed by atoms with Crippen LogP contribution in [0.3, 0.4) is 0 Å². The van der Waals surface area contributed by atoms with E-state index in [1.807, 2.05) is 17.8 Å². The van der Waals surface area contributed by atoms with Crippen molar-refractivity contribution in [2.45, 2.75) is 26.7 Å². The number of anilines is 2. The standard InChI is InChI=1S/C13H24N4S/c1-5-7-11-15-12(14-6-2)10-13(16-11)17(3)8-9-18-4/h10H,5-9H2,1-4H3,(H,14,15,16). The number of hydrogen-bond acceptors (Lipinski definition) is 5. The third kappa shape index (κ3) is 4.72. The van der Waals surface area contributed by atoms with Crippen LogP contribution in [0.4, 0.5) is 11.6 Å². The summed E-state index contributed by atoms with van der Waals surface area (Å²) in [5.41, 5.74) is 0. The van der Waals surface area contributed by atoms with Gasteiger partial charge < -0.3 is 10.2 Å². The molecule has 0 amide bonds. The third-order valence-electron chi connectivity index (χ3n) is 2.61. The Labute approximate surface area is 115 Å². The van der Waals surface area contributed by atoms with E-state index in [-0.39, 0.29) is 0 Å². The van der Waals surface area contributed by atoms with Crippen LogP contribution >= 0.6 is 11.8 Å². The van der Waals surface area contributed by atoms with E-state index in [4.69, 9.17) is 0 Å². The zero-order valence-electron chi connectivity index (χ0n) is 11.9. The highest BCUT2D eigenvalue weighted by atomic mass is 32.2. The van der Waals surface area contributed by atoms with Crippen molar-refractivity contribution in [3.8, 4) is 0 Å². The number of rotatable bonds is 8. The molecule has 0 aromatic carbocycles. The van der Waals surface area contributed by atoms with Crippen LogP contribution in [-0.4, -0.2) is 42.1 Å². The molecule has 0 saturated heterocycles. The lowest BCUT2D eigenvalue weighted by Gasteiger charge is -2.19. The molecule has 18 heavy (non-hydrogen) atoms. The van der Waals surface area contributed by atoms with E-state index >= 15 is 0 Å². The van der Waals surface area contributed by atoms with Gasteiger partial charge in [-0.1, -0.05) is 6.92 Å². The maximum Gasteiger partial charge on any atom is 0.134 e. The molecule has 1 rings (SSSR count). The molecule has 0 bridgehead atoms. The van der Waals surface area contributed by atoms with E-state index in [0.717, 1.165) is 49.1 Å². The molecule has 0 spiro atoms. The first-order chi connectivity index (χ1) is 8.71. The lowest BCUT2D eigenvalue weighted by atomic mass is 10.3. The molecular formula is C13H24N4S. The minimum atomic E-state index is 0.885. The zero-order chi connectivity index (χ0) is 13.4. The summed E-state index contributed by atoms with van der Waals surface area (Å²) in [5.74, 6) is 3.99. The Morgan fingerprint density at radius 3 is 2.72 bits per heavy atom. The normalized spacial score (nSPS) is 10.4. The first kappa shape index (κ1) is 15.1. The van der Waals surface area contributed by atoms with Crippen molar-refractivity contribution in [3.63, 3.8) is 0 Å². The minimum Gasteiger partial charge on any atom is -0.370 e. The molecule has 5 heteroatoms. The van der Waals surface area contributed by atoms with Gasteiger partial charge in [0.2, 0.25) is 0 Å². The van der Waals surface area contributed by atoms with Crippen molar-refractivity contribution >= 4 is 23.4 Å². The van der Waals surface area contributed by atoms with Gasteiger partial charge >= 0.3 is 0 Å². The van der Waals surface area contributed by atoms with Gasteiger partial charge in [-0.05, 0) is 19.6 Å². The van der Waals surface area contributed by atoms with E-state index in [1.165, 1.54) is 0 Å². The van der Waals surface area contributed by atoms with E-state index in [2.05, 4.69) is 47.3 Å². The number of nitrogens with one attached hydrogen (secondary N) is 1. The third-order valence-corrected chi connectivity index (χ3v) is 3.20. The molecule has 0 fully saturated rings. The lowest BCUT2D eigenvalue weighted by molar-refractivity contribution is 0.820. The van der Waals surface area contributed by atoms with Gasteiger partial charge in [0.25, 0.3) is 0 Å². The van der Waals surface area contributed by atoms with Crippen LogP contribution < -0.4 is 10.2 Å². The molecule has 0 radical (unpaired) electrons. The van der Waals surface area contributed by atoms with Crippen molar-refractivity contribution in [2.75, 3.05) is 42.4 Å². The Bertz CT molecular complexity index is 333. The highest BCUT2D eigenvalue weighted by Crippen LogP contribution is 2.16. The number of aryl methyl sites for hydroxylation is 1. The Hall–Kier alpha value is -0.970. The highest BCUT2D eigenvalue weighted by molar-refractivity contribution is 7.98. The Kier molecular flexibility index (Phi) is 6.86. The van der Waals surface area contributed by atoms with Crippen LogP contribution in [0.25, 0.3) is 0 Å². The van der Waals surface area contributed by atoms with Crippen LogP contribution in [0.5, 0.6) is 0 Å². The summed E-state index contributed by atoms with van der Waals surface area (Å²) in [4.78, 5) is 11.3. The van der Waals surface area contributed by atoms with E-state index in [1.54, 1.807) is 0 Å². The van der Waals surface area contributed by atoms with Crippen LogP contribution in [0.15, 0.2) is 6.07 Å². The second-order valence-electron chi connectivity index (χ2n) is 4.22. The molecule has 0 unspecified atom stereocenters. The molecule has 1 aromatic rings. The van der Waals surface area contributed by atoms with Gasteiger partial charge in [0.15, 0.2) is 0 Å². The highest BCUT2D eigenvalue weighted by Gasteiger charge is 2.07. The average Bonchev–Trinajstić information content (AvgIpc) is 2.36. The molecule has 0 atom stereocenters. The first-order valence-corrected chi connectivity index (χ1v) is 7.92. The van der Waals surface area contributed by atoms with Crippen LogP contribution in [0.2, 0.25) is 0 Å². The summed E-state index contributed by atoms with van der Waals surface area (Å²) >= 11 is 1.85. The summed E-state index contributed by atoms with van der Waals surface area (Å²) in [7, 11) is 2.09. The smallest absolute Gasteiger partial charge is 0.134 e. The molecule has 1 heterocycles. The molecule has 0 saturated carbocycles. The fourth-order valence-electron chi connectivity index (χ4n) is 1.63. The van der Waals surface area contributed by atoms with Gasteiger partial charge in [-0.25, -0.2) is 9.97 Å². The van der Waals surface area contributed by atoms with Gasteiger partial charge in [0.1, 0.15) is 17.5 Å². The van der Waals surface area contributed by atoms with Crippen molar-refractivity contribution in [1.82, 2.24) is 9.97 Å². The van der Waals surface area contributed by atoms with Crippen molar-refractivity contribution in [2.24, 2.45) is 0 Å². The minimum absolute atomic E-state index is 0.885. The predicted molar refractivity (Wildman–Crippen MR) is 81.8 cm³/mol. The monoisotopic (exact) mass is 268 g/mol. The van der Waals surface area contributed by atoms with Crippen LogP contribution in [0.1, 0.15) is 26.1 Å². The van der Waals surface area contributed by atoms with Gasteiger partial charge in [-0.15, -0.1) is 0 Å². The molecule has 0 aliphatic heterocycles. The summed E-state index contributed by atoms with van der Waals surface area (Å²) in [5, 5.41) is 3.27. The van der Waals surface area contributed by atoms with Crippen LogP contribution in [0, 0.1) is 0 Å². The second-order valence-corrected chi connectivity index (χ2v) is 5.21. The maximum absolute atomic E-state index is 4.62. The fourth-order valence-corrected chi connectivity index (χ4v) is 2.08. The number of nitrogens with zero attached hydrogens (tertiary/aromatic N) is 3. The quantitative estimate of drug-likeness (QED) is 0.785. The topological polar surface area (TPSA) is 41.1 Å². The largest absolute Gasteiger partial charge is 0.370 e. The van der Waals surface area contributed by atoms with Gasteiger partial charge in [-0.3, -0.25) is 0 Å². The lowest BCUT2D eigenvalue weighted by Crippen LogP contribution is -2.22. The van der Waals surface area contributed by atoms with Crippen molar-refractivity contribution < 1.29 is 0 Å². The maximum atomic E-state index is 4.62. The summed E-state index contributed by atoms with van der Waals surface area (Å²) in [6.45, 7) is 6.13. The summed E-state index contributed by atoms with van der Waals surface area (Å²) < 4.78 is 0. The molecule has 1 aromatic heterocycles. The van der Waals surface area contributed by atoms with Gasteiger partial charge in [0, 0.05) is 38.4 Å². The van der Waals surface area contributed by atoms with E-state index < -0.39 is 0 Å². The van der Waals surface area contributed by atoms with Gasteiger partial charge in [-0.2, -0.15) is 11.8 Å². The Morgan fingerprint density at radius 2 is 2.11 bits per heavy atom. The predicted octanol–water partition coefficient (Wildman–Crippen LogP) is 2.66. The number of aromatic nitrogens is 2. The molecule has 102 valence electrons. The van der Waals surface area contributed by atoms with E-state index in [0.29, 0.717) is 0 Å². The molecular weight excluding hydrogens is 244 g/mol. The molecule has 0 aliphatic carbocycles. The Morgan fingerprint density at radius 1 is 1.33 bits per heavy atom. The van der Waals surface area contributed by atoms with Crippen molar-refractivity contribution in [3.05, 3.63) is 11.9 Å². The van der Waals surface area contributed by atoms with Crippen molar-refractivity contribution in [1.29, 1.82) is 0 Å². The second kappa shape index (κ2) is 8.19. The van der Waals surface area contributed by atoms with E-state index in [9.17, 15) is 0 Å². The molecule has 0 aliphatic rings. The summed E-state index contributed by atoms with van der Waals surface area (Å²) in [6, 6.07) is 2.03. The number of thioether (sulfide) groups is 1. The SMILES string of the molecule is CCCc1nc(NCC)cc(N(C)CCSC)n1. The molecule has 4 nitrogen and oxygen atoms in total. The average molecular weight is 268 g/mol. The molecule has 1 N–H and O–H groups in total. The summed E-state index contributed by atoms with van der Waals surface area (Å²) in [6.07, 6.45) is 4.13. The first-order valence-electron chi connectivity index (χ1n) is 6.53. The Balaban J connectivity index is 2.87. The van der Waals surface area contributed by atoms with Crippen LogP contribution in [-0.2, 0) is 6.42 Å². The fraction of sp³-hybridized carbons (Fsp3) is 0.692. The number of hydrogen-bond donors (Lipinski definition) is 1.